The Morgan fingerprint density at radius 2 is 1.79 bits per heavy atom. The van der Waals surface area contributed by atoms with E-state index in [-0.39, 0.29) is 0 Å². The number of hydrogen-bond acceptors (Lipinski definition) is 7. The van der Waals surface area contributed by atoms with Crippen LogP contribution < -0.4 is 10.1 Å². The minimum atomic E-state index is -1.17. The molecule has 1 aliphatic rings. The van der Waals surface area contributed by atoms with Gasteiger partial charge in [-0.3, -0.25) is 0 Å². The van der Waals surface area contributed by atoms with Crippen LogP contribution in [0.5, 0.6) is 5.75 Å². The number of nitrogens with one attached hydrogen (secondary N) is 1. The summed E-state index contributed by atoms with van der Waals surface area (Å²) in [6.45, 7) is 8.23. The molecule has 1 heterocycles. The van der Waals surface area contributed by atoms with Gasteiger partial charge in [0.1, 0.15) is 29.7 Å². The predicted octanol–water partition coefficient (Wildman–Crippen LogP) is 2.13. The van der Waals surface area contributed by atoms with Crippen LogP contribution in [0.15, 0.2) is 24.3 Å². The van der Waals surface area contributed by atoms with Crippen molar-refractivity contribution in [2.24, 2.45) is 0 Å². The highest BCUT2D eigenvalue weighted by Gasteiger charge is 2.49. The van der Waals surface area contributed by atoms with E-state index in [1.165, 1.54) is 0 Å². The molecule has 0 spiro atoms. The van der Waals surface area contributed by atoms with Crippen molar-refractivity contribution in [2.45, 2.75) is 70.4 Å². The maximum Gasteiger partial charge on any atom is 0.408 e. The van der Waals surface area contributed by atoms with Gasteiger partial charge in [0.25, 0.3) is 0 Å². The minimum absolute atomic E-state index is 0.498. The first-order valence-electron chi connectivity index (χ1n) is 9.24. The zero-order valence-corrected chi connectivity index (χ0v) is 17.3. The van der Waals surface area contributed by atoms with Gasteiger partial charge in [0.05, 0.1) is 19.8 Å². The molecule has 1 aromatic rings. The van der Waals surface area contributed by atoms with Crippen LogP contribution in [0.4, 0.5) is 4.79 Å². The molecule has 158 valence electrons. The van der Waals surface area contributed by atoms with Crippen molar-refractivity contribution in [3.63, 3.8) is 0 Å². The molecule has 1 fully saturated rings. The molecule has 28 heavy (non-hydrogen) atoms. The number of methoxy groups -OCH3 is 1. The van der Waals surface area contributed by atoms with Gasteiger partial charge in [-0.15, -0.1) is 0 Å². The van der Waals surface area contributed by atoms with Crippen molar-refractivity contribution in [2.75, 3.05) is 13.7 Å². The highest BCUT2D eigenvalue weighted by atomic mass is 16.8. The quantitative estimate of drug-likeness (QED) is 0.675. The second kappa shape index (κ2) is 8.65. The lowest BCUT2D eigenvalue weighted by molar-refractivity contribution is -0.158. The largest absolute Gasteiger partial charge is 0.497 e. The first-order valence-corrected chi connectivity index (χ1v) is 9.24. The molecular weight excluding hydrogens is 366 g/mol. The summed E-state index contributed by atoms with van der Waals surface area (Å²) in [7, 11) is 1.56. The number of hydrogen-bond donors (Lipinski definition) is 3. The van der Waals surface area contributed by atoms with Crippen LogP contribution in [-0.4, -0.2) is 59.7 Å². The summed E-state index contributed by atoms with van der Waals surface area (Å²) in [5.41, 5.74) is 0.0401. The Balaban J connectivity index is 2.36. The minimum Gasteiger partial charge on any atom is -0.497 e. The maximum atomic E-state index is 12.5. The second-order valence-corrected chi connectivity index (χ2v) is 8.21. The molecule has 1 amide bonds. The topological polar surface area (TPSA) is 106 Å². The van der Waals surface area contributed by atoms with E-state index in [2.05, 4.69) is 5.32 Å². The van der Waals surface area contributed by atoms with Crippen molar-refractivity contribution in [1.29, 1.82) is 0 Å². The fraction of sp³-hybridized carbons (Fsp3) is 0.650. The molecule has 0 aliphatic carbocycles. The number of aliphatic hydroxyl groups excluding tert-OH is 2. The van der Waals surface area contributed by atoms with E-state index in [1.807, 2.05) is 0 Å². The Bertz CT molecular complexity index is 654. The number of carbonyl (C=O) groups is 1. The summed E-state index contributed by atoms with van der Waals surface area (Å²) in [6.07, 6.45) is -3.40. The van der Waals surface area contributed by atoms with Crippen LogP contribution in [0.2, 0.25) is 0 Å². The van der Waals surface area contributed by atoms with Gasteiger partial charge in [0.15, 0.2) is 5.79 Å². The Labute approximate surface area is 165 Å². The van der Waals surface area contributed by atoms with Gasteiger partial charge < -0.3 is 34.5 Å². The third kappa shape index (κ3) is 5.81. The lowest BCUT2D eigenvalue weighted by Crippen LogP contribution is -2.47. The number of carbonyl (C=O) groups excluding carboxylic acids is 1. The van der Waals surface area contributed by atoms with E-state index in [0.29, 0.717) is 11.3 Å². The molecular formula is C20H31NO7. The Morgan fingerprint density at radius 3 is 2.29 bits per heavy atom. The molecule has 0 aromatic heterocycles. The predicted molar refractivity (Wildman–Crippen MR) is 102 cm³/mol. The summed E-state index contributed by atoms with van der Waals surface area (Å²) >= 11 is 0. The fourth-order valence-electron chi connectivity index (χ4n) is 3.08. The van der Waals surface area contributed by atoms with Gasteiger partial charge >= 0.3 is 6.09 Å². The van der Waals surface area contributed by atoms with Crippen LogP contribution in [-0.2, 0) is 14.2 Å². The zero-order chi connectivity index (χ0) is 21.1. The Kier molecular flexibility index (Phi) is 6.93. The van der Waals surface area contributed by atoms with Gasteiger partial charge in [-0.25, -0.2) is 4.79 Å². The highest BCUT2D eigenvalue weighted by Crippen LogP contribution is 2.37. The maximum absolute atomic E-state index is 12.5. The standard InChI is InChI=1S/C20H31NO7/c1-19(2,3)28-18(24)21-15(12-7-9-13(25-6)10-8-12)17-16(14(23)11-22)26-20(4,5)27-17/h7-10,14-17,22-23H,11H2,1-6H3,(H,21,24)/t14-,15-,16+,17+/m1/s1. The van der Waals surface area contributed by atoms with Crippen LogP contribution in [0.25, 0.3) is 0 Å². The van der Waals surface area contributed by atoms with E-state index < -0.39 is 48.4 Å². The summed E-state index contributed by atoms with van der Waals surface area (Å²) in [5, 5.41) is 22.5. The van der Waals surface area contributed by atoms with Crippen LogP contribution >= 0.6 is 0 Å². The number of alkyl carbamates (subject to hydrolysis) is 1. The first kappa shape index (κ1) is 22.4. The van der Waals surface area contributed by atoms with E-state index in [0.717, 1.165) is 0 Å². The van der Waals surface area contributed by atoms with E-state index in [1.54, 1.807) is 66.0 Å². The molecule has 0 saturated carbocycles. The van der Waals surface area contributed by atoms with Crippen molar-refractivity contribution in [1.82, 2.24) is 5.32 Å². The average molecular weight is 397 g/mol. The molecule has 0 radical (unpaired) electrons. The van der Waals surface area contributed by atoms with Crippen molar-refractivity contribution in [3.05, 3.63) is 29.8 Å². The molecule has 1 saturated heterocycles. The zero-order valence-electron chi connectivity index (χ0n) is 17.3. The van der Waals surface area contributed by atoms with Crippen LogP contribution in [0.1, 0.15) is 46.2 Å². The molecule has 2 rings (SSSR count). The van der Waals surface area contributed by atoms with E-state index in [4.69, 9.17) is 18.9 Å². The summed E-state index contributed by atoms with van der Waals surface area (Å²) in [6, 6.07) is 6.42. The van der Waals surface area contributed by atoms with Gasteiger partial charge in [-0.2, -0.15) is 0 Å². The molecule has 0 unspecified atom stereocenters. The number of benzene rings is 1. The first-order chi connectivity index (χ1) is 13.0. The number of rotatable bonds is 6. The molecule has 1 aromatic carbocycles. The number of amides is 1. The molecule has 8 heteroatoms. The Morgan fingerprint density at radius 1 is 1.21 bits per heavy atom. The van der Waals surface area contributed by atoms with Crippen molar-refractivity contribution < 1.29 is 34.0 Å². The van der Waals surface area contributed by atoms with Gasteiger partial charge in [0.2, 0.25) is 0 Å². The van der Waals surface area contributed by atoms with Crippen molar-refractivity contribution >= 4 is 6.09 Å². The normalized spacial score (nSPS) is 23.7. The van der Waals surface area contributed by atoms with Crippen LogP contribution in [0.3, 0.4) is 0 Å². The molecule has 3 N–H and O–H groups in total. The van der Waals surface area contributed by atoms with Crippen LogP contribution in [0, 0.1) is 0 Å². The number of aliphatic hydroxyl groups is 2. The smallest absolute Gasteiger partial charge is 0.408 e. The summed E-state index contributed by atoms with van der Waals surface area (Å²) in [5.74, 6) is -0.332. The second-order valence-electron chi connectivity index (χ2n) is 8.21. The van der Waals surface area contributed by atoms with Gasteiger partial charge in [-0.1, -0.05) is 12.1 Å². The third-order valence-electron chi connectivity index (χ3n) is 4.21. The van der Waals surface area contributed by atoms with E-state index in [9.17, 15) is 15.0 Å². The van der Waals surface area contributed by atoms with Crippen molar-refractivity contribution in [3.8, 4) is 5.75 Å². The summed E-state index contributed by atoms with van der Waals surface area (Å²) in [4.78, 5) is 12.5. The SMILES string of the molecule is COc1ccc([C@@H](NC(=O)OC(C)(C)C)[C@@H]2OC(C)(C)O[C@H]2[C@H](O)CO)cc1. The van der Waals surface area contributed by atoms with Gasteiger partial charge in [0, 0.05) is 0 Å². The molecule has 8 nitrogen and oxygen atoms in total. The fourth-order valence-corrected chi connectivity index (χ4v) is 3.08. The lowest BCUT2D eigenvalue weighted by Gasteiger charge is -2.30. The third-order valence-corrected chi connectivity index (χ3v) is 4.21. The summed E-state index contributed by atoms with van der Waals surface area (Å²) < 4.78 is 22.4. The van der Waals surface area contributed by atoms with Gasteiger partial charge in [-0.05, 0) is 52.3 Å². The Hall–Kier alpha value is -1.87. The average Bonchev–Trinajstić information content (AvgIpc) is 2.93. The monoisotopic (exact) mass is 397 g/mol. The molecule has 4 atom stereocenters. The number of ether oxygens (including phenoxy) is 4. The molecule has 1 aliphatic heterocycles. The highest BCUT2D eigenvalue weighted by molar-refractivity contribution is 5.68. The molecule has 0 bridgehead atoms. The lowest BCUT2D eigenvalue weighted by atomic mass is 9.95. The van der Waals surface area contributed by atoms with E-state index >= 15 is 0 Å².